The van der Waals surface area contributed by atoms with Gasteiger partial charge in [0.05, 0.1) is 11.0 Å². The van der Waals surface area contributed by atoms with Gasteiger partial charge in [-0.05, 0) is 66.7 Å². The third-order valence-electron chi connectivity index (χ3n) is 14.1. The van der Waals surface area contributed by atoms with E-state index in [4.69, 9.17) is 4.98 Å². The molecule has 8 aromatic carbocycles. The molecule has 0 atom stereocenters. The van der Waals surface area contributed by atoms with Crippen molar-refractivity contribution in [3.8, 4) is 39.3 Å². The first-order chi connectivity index (χ1) is 27.3. The summed E-state index contributed by atoms with van der Waals surface area (Å²) in [6, 6.07) is 35.8. The average Bonchev–Trinajstić information content (AvgIpc) is 3.60. The van der Waals surface area contributed by atoms with Crippen LogP contribution in [-0.2, 0) is 0 Å². The van der Waals surface area contributed by atoms with Crippen LogP contribution in [0.3, 0.4) is 0 Å². The van der Waals surface area contributed by atoms with Crippen LogP contribution in [-0.4, -0.2) is 104 Å². The molecule has 258 valence electrons. The van der Waals surface area contributed by atoms with Crippen molar-refractivity contribution < 1.29 is 0 Å². The van der Waals surface area contributed by atoms with Gasteiger partial charge in [-0.3, -0.25) is 4.57 Å². The van der Waals surface area contributed by atoms with Crippen molar-refractivity contribution >= 4 is 203 Å². The van der Waals surface area contributed by atoms with Crippen molar-refractivity contribution in [1.29, 1.82) is 0 Å². The SMILES string of the molecule is Bc1c(B)c(B)c(-n2c(-c3ccccc3-c3c4ccccc4c(-c4c(B)c(B)c5c(B)c(B)c(B)c(B)c5c4B)c4ccccc34)nc3ccccc32)c(B)c1B. The summed E-state index contributed by atoms with van der Waals surface area (Å²) in [4.78, 5) is 5.49. The number of para-hydroxylation sites is 2. The average molecular weight is 715 g/mol. The molecular formula is C43H40B12N2. The van der Waals surface area contributed by atoms with Crippen LogP contribution in [0, 0.1) is 0 Å². The largest absolute Gasteiger partial charge is 0.294 e. The Morgan fingerprint density at radius 2 is 0.737 bits per heavy atom. The molecule has 0 saturated heterocycles. The highest BCUT2D eigenvalue weighted by molar-refractivity contribution is 6.72. The number of imidazole rings is 1. The normalized spacial score (nSPS) is 11.6. The molecule has 0 fully saturated rings. The van der Waals surface area contributed by atoms with Gasteiger partial charge in [-0.1, -0.05) is 134 Å². The maximum atomic E-state index is 5.49. The van der Waals surface area contributed by atoms with Crippen LogP contribution in [0.15, 0.2) is 97.1 Å². The second-order valence-corrected chi connectivity index (χ2v) is 16.6. The molecule has 0 aliphatic carbocycles. The summed E-state index contributed by atoms with van der Waals surface area (Å²) < 4.78 is 2.44. The molecule has 0 N–H and O–H groups in total. The smallest absolute Gasteiger partial charge is 0.146 e. The van der Waals surface area contributed by atoms with Crippen LogP contribution in [0.5, 0.6) is 0 Å². The molecule has 0 saturated carbocycles. The number of benzene rings is 8. The van der Waals surface area contributed by atoms with Crippen molar-refractivity contribution in [3.05, 3.63) is 97.1 Å². The first kappa shape index (κ1) is 37.4. The van der Waals surface area contributed by atoms with Crippen molar-refractivity contribution in [2.75, 3.05) is 0 Å². The van der Waals surface area contributed by atoms with Gasteiger partial charge in [0.1, 0.15) is 100.0 Å². The molecule has 0 bridgehead atoms. The fourth-order valence-electron chi connectivity index (χ4n) is 10.2. The molecule has 0 amide bonds. The van der Waals surface area contributed by atoms with Crippen molar-refractivity contribution in [2.45, 2.75) is 0 Å². The Morgan fingerprint density at radius 3 is 1.30 bits per heavy atom. The van der Waals surface area contributed by atoms with Crippen molar-refractivity contribution in [1.82, 2.24) is 9.55 Å². The minimum Gasteiger partial charge on any atom is -0.294 e. The van der Waals surface area contributed by atoms with E-state index in [1.807, 2.05) is 0 Å². The monoisotopic (exact) mass is 716 g/mol. The fourth-order valence-corrected chi connectivity index (χ4v) is 10.2. The molecule has 57 heavy (non-hydrogen) atoms. The molecule has 0 spiro atoms. The van der Waals surface area contributed by atoms with E-state index in [0.717, 1.165) is 22.4 Å². The molecule has 0 unspecified atom stereocenters. The number of fused-ring (bicyclic) bond motifs is 4. The molecule has 2 nitrogen and oxygen atoms in total. The molecule has 1 aromatic heterocycles. The second-order valence-electron chi connectivity index (χ2n) is 16.6. The Balaban J connectivity index is 1.41. The fraction of sp³-hybridized carbons (Fsp3) is 0. The van der Waals surface area contributed by atoms with Crippen LogP contribution in [0.25, 0.3) is 82.7 Å². The van der Waals surface area contributed by atoms with E-state index in [9.17, 15) is 0 Å². The van der Waals surface area contributed by atoms with Gasteiger partial charge in [-0.15, -0.1) is 16.4 Å². The van der Waals surface area contributed by atoms with E-state index in [1.165, 1.54) is 126 Å². The van der Waals surface area contributed by atoms with Crippen LogP contribution in [0.1, 0.15) is 0 Å². The van der Waals surface area contributed by atoms with Crippen LogP contribution in [0.2, 0.25) is 0 Å². The zero-order valence-corrected chi connectivity index (χ0v) is 35.6. The summed E-state index contributed by atoms with van der Waals surface area (Å²) in [5.74, 6) is 0.964. The van der Waals surface area contributed by atoms with Crippen molar-refractivity contribution in [2.24, 2.45) is 0 Å². The van der Waals surface area contributed by atoms with Gasteiger partial charge in [0.25, 0.3) is 0 Å². The predicted octanol–water partition coefficient (Wildman–Crippen LogP) is -9.41. The zero-order chi connectivity index (χ0) is 40.2. The Morgan fingerprint density at radius 1 is 0.333 bits per heavy atom. The minimum absolute atomic E-state index is 0.964. The number of hydrogen-bond donors (Lipinski definition) is 0. The number of hydrogen-bond acceptors (Lipinski definition) is 1. The van der Waals surface area contributed by atoms with Gasteiger partial charge in [0.2, 0.25) is 0 Å². The summed E-state index contributed by atoms with van der Waals surface area (Å²) in [7, 11) is 27.6. The minimum atomic E-state index is 0.964. The molecule has 14 heteroatoms. The lowest BCUT2D eigenvalue weighted by molar-refractivity contribution is 1.12. The Hall–Kier alpha value is -5.21. The van der Waals surface area contributed by atoms with Crippen molar-refractivity contribution in [3.63, 3.8) is 0 Å². The van der Waals surface area contributed by atoms with E-state index < -0.39 is 0 Å². The number of nitrogens with zero attached hydrogens (tertiary/aromatic N) is 2. The highest BCUT2D eigenvalue weighted by atomic mass is 15.1. The van der Waals surface area contributed by atoms with Gasteiger partial charge in [-0.2, -0.15) is 0 Å². The predicted molar refractivity (Wildman–Crippen MR) is 288 cm³/mol. The van der Waals surface area contributed by atoms with E-state index in [1.54, 1.807) is 0 Å². The van der Waals surface area contributed by atoms with Gasteiger partial charge < -0.3 is 0 Å². The lowest BCUT2D eigenvalue weighted by Crippen LogP contribution is -2.56. The van der Waals surface area contributed by atoms with E-state index in [-0.39, 0.29) is 0 Å². The molecule has 0 radical (unpaired) electrons. The summed E-state index contributed by atoms with van der Waals surface area (Å²) in [6.45, 7) is 0. The van der Waals surface area contributed by atoms with Gasteiger partial charge in [-0.25, -0.2) is 4.98 Å². The third kappa shape index (κ3) is 5.32. The van der Waals surface area contributed by atoms with Crippen LogP contribution < -0.4 is 65.6 Å². The third-order valence-corrected chi connectivity index (χ3v) is 14.1. The summed E-state index contributed by atoms with van der Waals surface area (Å²) >= 11 is 0. The quantitative estimate of drug-likeness (QED) is 0.131. The molecule has 0 aliphatic rings. The second kappa shape index (κ2) is 13.7. The Labute approximate surface area is 347 Å². The van der Waals surface area contributed by atoms with Crippen LogP contribution in [0.4, 0.5) is 0 Å². The lowest BCUT2D eigenvalue weighted by atomic mass is 9.58. The summed E-state index contributed by atoms with van der Waals surface area (Å²) in [6.07, 6.45) is 0. The highest BCUT2D eigenvalue weighted by Gasteiger charge is 2.26. The van der Waals surface area contributed by atoms with E-state index in [0.29, 0.717) is 0 Å². The first-order valence-electron chi connectivity index (χ1n) is 20.4. The standard InChI is InChI=1S/C43H40B12N2/c44-30-27(31(45)32(46)29-28(30)33(47)35(49)36(50)34(29)48)26-19-11-3-1-9-17(19)25(18-10-2-4-12-20(18)26)21-13-5-6-14-22(21)43-56-23-15-7-8-16-24(23)57(43)42-40(54)38(52)37(51)39(53)41(42)55/h1-16H,44-55H2. The van der Waals surface area contributed by atoms with Gasteiger partial charge >= 0.3 is 0 Å². The maximum Gasteiger partial charge on any atom is 0.146 e. The Bertz CT molecular complexity index is 3140. The molecule has 0 aliphatic heterocycles. The van der Waals surface area contributed by atoms with Crippen LogP contribution >= 0.6 is 0 Å². The highest BCUT2D eigenvalue weighted by Crippen LogP contribution is 2.46. The van der Waals surface area contributed by atoms with E-state index in [2.05, 4.69) is 196 Å². The summed E-state index contributed by atoms with van der Waals surface area (Å²) in [5.41, 5.74) is 25.9. The molecule has 1 heterocycles. The van der Waals surface area contributed by atoms with E-state index >= 15 is 0 Å². The van der Waals surface area contributed by atoms with Gasteiger partial charge in [0, 0.05) is 11.3 Å². The first-order valence-corrected chi connectivity index (χ1v) is 20.4. The molecular weight excluding hydrogens is 674 g/mol. The van der Waals surface area contributed by atoms with Gasteiger partial charge in [0.15, 0.2) is 0 Å². The topological polar surface area (TPSA) is 17.8 Å². The maximum absolute atomic E-state index is 5.49. The lowest BCUT2D eigenvalue weighted by Gasteiger charge is -2.27. The Kier molecular flexibility index (Phi) is 9.00. The number of rotatable bonds is 4. The molecule has 9 aromatic rings. The molecule has 9 rings (SSSR count). The zero-order valence-electron chi connectivity index (χ0n) is 35.6. The number of aromatic nitrogens is 2. The summed E-state index contributed by atoms with van der Waals surface area (Å²) in [5, 5.41) is 7.87.